The molecule has 1 aromatic rings. The number of benzene rings is 1. The van der Waals surface area contributed by atoms with Crippen LogP contribution >= 0.6 is 0 Å². The normalized spacial score (nSPS) is 13.2. The van der Waals surface area contributed by atoms with Crippen molar-refractivity contribution in [2.45, 2.75) is 12.3 Å². The van der Waals surface area contributed by atoms with Crippen LogP contribution < -0.4 is 4.74 Å². The lowest BCUT2D eigenvalue weighted by molar-refractivity contribution is -0.147. The van der Waals surface area contributed by atoms with Crippen LogP contribution in [-0.2, 0) is 11.0 Å². The minimum Gasteiger partial charge on any atom is -0.504 e. The molecule has 1 unspecified atom stereocenters. The summed E-state index contributed by atoms with van der Waals surface area (Å²) in [7, 11) is 1.01. The number of aliphatic hydroxyl groups excluding tert-OH is 1. The van der Waals surface area contributed by atoms with Gasteiger partial charge in [0.15, 0.2) is 17.6 Å². The molecule has 0 heterocycles. The van der Waals surface area contributed by atoms with E-state index in [4.69, 9.17) is 5.11 Å². The third kappa shape index (κ3) is 2.65. The monoisotopic (exact) mass is 266 g/mol. The molecular formula is C10H9F3O5. The van der Waals surface area contributed by atoms with Gasteiger partial charge in [0.2, 0.25) is 0 Å². The molecule has 0 spiro atoms. The molecule has 0 bridgehead atoms. The molecule has 8 heteroatoms. The van der Waals surface area contributed by atoms with E-state index >= 15 is 0 Å². The SMILES string of the molecule is COc1cc(C(O)C(=O)O)cc(C(F)(F)F)c1O. The van der Waals surface area contributed by atoms with Crippen LogP contribution in [0.2, 0.25) is 0 Å². The minimum atomic E-state index is -4.90. The second-order valence-corrected chi connectivity index (χ2v) is 3.36. The summed E-state index contributed by atoms with van der Waals surface area (Å²) in [5.74, 6) is -3.44. The van der Waals surface area contributed by atoms with Gasteiger partial charge in [-0.05, 0) is 17.7 Å². The lowest BCUT2D eigenvalue weighted by atomic mass is 10.0. The molecule has 0 aliphatic carbocycles. The third-order valence-electron chi connectivity index (χ3n) is 2.17. The summed E-state index contributed by atoms with van der Waals surface area (Å²) in [6.45, 7) is 0. The molecule has 0 radical (unpaired) electrons. The van der Waals surface area contributed by atoms with Gasteiger partial charge >= 0.3 is 12.1 Å². The van der Waals surface area contributed by atoms with Gasteiger partial charge in [-0.25, -0.2) is 4.79 Å². The standard InChI is InChI=1S/C10H9F3O5/c1-18-6-3-4(7(14)9(16)17)2-5(8(6)15)10(11,12)13/h2-3,7,14-15H,1H3,(H,16,17). The first-order chi connectivity index (χ1) is 8.18. The van der Waals surface area contributed by atoms with Gasteiger partial charge in [0.05, 0.1) is 7.11 Å². The number of methoxy groups -OCH3 is 1. The molecule has 0 saturated carbocycles. The Bertz CT molecular complexity index is 469. The Morgan fingerprint density at radius 2 is 1.94 bits per heavy atom. The van der Waals surface area contributed by atoms with Crippen molar-refractivity contribution < 1.29 is 38.0 Å². The summed E-state index contributed by atoms with van der Waals surface area (Å²) in [5.41, 5.74) is -2.01. The molecule has 0 amide bonds. The van der Waals surface area contributed by atoms with Crippen LogP contribution in [0.15, 0.2) is 12.1 Å². The Morgan fingerprint density at radius 1 is 1.39 bits per heavy atom. The molecule has 0 aromatic heterocycles. The lowest BCUT2D eigenvalue weighted by Gasteiger charge is -2.15. The average molecular weight is 266 g/mol. The van der Waals surface area contributed by atoms with Crippen LogP contribution in [0, 0.1) is 0 Å². The summed E-state index contributed by atoms with van der Waals surface area (Å²) in [4.78, 5) is 10.5. The van der Waals surface area contributed by atoms with Crippen LogP contribution in [0.4, 0.5) is 13.2 Å². The van der Waals surface area contributed by atoms with Gasteiger partial charge in [0.25, 0.3) is 0 Å². The highest BCUT2D eigenvalue weighted by Gasteiger charge is 2.36. The summed E-state index contributed by atoms with van der Waals surface area (Å²) in [5, 5.41) is 27.0. The number of halogens is 3. The maximum absolute atomic E-state index is 12.6. The molecule has 0 fully saturated rings. The van der Waals surface area contributed by atoms with Gasteiger partial charge in [-0.15, -0.1) is 0 Å². The number of phenolic OH excluding ortho intramolecular Hbond substituents is 1. The Kier molecular flexibility index (Phi) is 3.70. The topological polar surface area (TPSA) is 87.0 Å². The van der Waals surface area contributed by atoms with E-state index < -0.39 is 40.9 Å². The van der Waals surface area contributed by atoms with Crippen LogP contribution in [0.3, 0.4) is 0 Å². The molecule has 100 valence electrons. The molecular weight excluding hydrogens is 257 g/mol. The van der Waals surface area contributed by atoms with Gasteiger partial charge in [0.1, 0.15) is 5.56 Å². The minimum absolute atomic E-state index is 0.358. The number of carboxylic acids is 1. The predicted octanol–water partition coefficient (Wildman–Crippen LogP) is 1.54. The highest BCUT2D eigenvalue weighted by molar-refractivity contribution is 5.74. The van der Waals surface area contributed by atoms with Crippen LogP contribution in [0.25, 0.3) is 0 Å². The molecule has 0 saturated heterocycles. The predicted molar refractivity (Wildman–Crippen MR) is 52.3 cm³/mol. The molecule has 18 heavy (non-hydrogen) atoms. The van der Waals surface area contributed by atoms with E-state index in [9.17, 15) is 28.2 Å². The number of phenols is 1. The van der Waals surface area contributed by atoms with E-state index in [-0.39, 0.29) is 0 Å². The quantitative estimate of drug-likeness (QED) is 0.772. The van der Waals surface area contributed by atoms with Crippen molar-refractivity contribution in [3.63, 3.8) is 0 Å². The maximum atomic E-state index is 12.6. The molecule has 3 N–H and O–H groups in total. The zero-order valence-electron chi connectivity index (χ0n) is 9.02. The van der Waals surface area contributed by atoms with Crippen LogP contribution in [-0.4, -0.2) is 28.4 Å². The van der Waals surface area contributed by atoms with Crippen molar-refractivity contribution in [2.75, 3.05) is 7.11 Å². The van der Waals surface area contributed by atoms with Gasteiger partial charge in [-0.2, -0.15) is 13.2 Å². The molecule has 1 rings (SSSR count). The molecule has 0 aliphatic heterocycles. The number of alkyl halides is 3. The summed E-state index contributed by atoms with van der Waals surface area (Å²) in [6, 6.07) is 1.18. The Balaban J connectivity index is 3.45. The van der Waals surface area contributed by atoms with Crippen molar-refractivity contribution in [1.82, 2.24) is 0 Å². The summed E-state index contributed by atoms with van der Waals surface area (Å²) in [6.07, 6.45) is -7.04. The molecule has 1 atom stereocenters. The van der Waals surface area contributed by atoms with E-state index in [2.05, 4.69) is 4.74 Å². The van der Waals surface area contributed by atoms with Crippen molar-refractivity contribution in [3.8, 4) is 11.5 Å². The fraction of sp³-hybridized carbons (Fsp3) is 0.300. The fourth-order valence-corrected chi connectivity index (χ4v) is 1.30. The fourth-order valence-electron chi connectivity index (χ4n) is 1.30. The smallest absolute Gasteiger partial charge is 0.420 e. The highest BCUT2D eigenvalue weighted by Crippen LogP contribution is 2.42. The van der Waals surface area contributed by atoms with Crippen molar-refractivity contribution in [1.29, 1.82) is 0 Å². The molecule has 5 nitrogen and oxygen atoms in total. The number of rotatable bonds is 3. The van der Waals surface area contributed by atoms with Gasteiger partial charge in [0, 0.05) is 0 Å². The second kappa shape index (κ2) is 4.73. The van der Waals surface area contributed by atoms with E-state index in [0.717, 1.165) is 13.2 Å². The summed E-state index contributed by atoms with van der Waals surface area (Å²) < 4.78 is 42.2. The zero-order chi connectivity index (χ0) is 14.1. The van der Waals surface area contributed by atoms with E-state index in [1.165, 1.54) is 0 Å². The number of aliphatic carboxylic acids is 1. The van der Waals surface area contributed by atoms with Crippen LogP contribution in [0.5, 0.6) is 11.5 Å². The largest absolute Gasteiger partial charge is 0.504 e. The first-order valence-electron chi connectivity index (χ1n) is 4.57. The maximum Gasteiger partial charge on any atom is 0.420 e. The number of hydrogen-bond donors (Lipinski definition) is 3. The lowest BCUT2D eigenvalue weighted by Crippen LogP contribution is -2.13. The Hall–Kier alpha value is -1.96. The van der Waals surface area contributed by atoms with E-state index in [1.54, 1.807) is 0 Å². The number of carbonyl (C=O) groups is 1. The number of hydrogen-bond acceptors (Lipinski definition) is 4. The van der Waals surface area contributed by atoms with E-state index in [0.29, 0.717) is 6.07 Å². The van der Waals surface area contributed by atoms with Gasteiger partial charge < -0.3 is 20.1 Å². The summed E-state index contributed by atoms with van der Waals surface area (Å²) >= 11 is 0. The van der Waals surface area contributed by atoms with Gasteiger partial charge in [-0.3, -0.25) is 0 Å². The zero-order valence-corrected chi connectivity index (χ0v) is 9.02. The number of ether oxygens (including phenoxy) is 1. The van der Waals surface area contributed by atoms with Crippen molar-refractivity contribution in [2.24, 2.45) is 0 Å². The average Bonchev–Trinajstić information content (AvgIpc) is 2.26. The number of carboxylic acid groups (broad SMARTS) is 1. The van der Waals surface area contributed by atoms with Crippen LogP contribution in [0.1, 0.15) is 17.2 Å². The molecule has 0 aliphatic rings. The number of aromatic hydroxyl groups is 1. The Morgan fingerprint density at radius 3 is 2.33 bits per heavy atom. The van der Waals surface area contributed by atoms with Gasteiger partial charge in [-0.1, -0.05) is 0 Å². The van der Waals surface area contributed by atoms with E-state index in [1.807, 2.05) is 0 Å². The first-order valence-corrected chi connectivity index (χ1v) is 4.57. The molecule has 1 aromatic carbocycles. The first kappa shape index (κ1) is 14.1. The van der Waals surface area contributed by atoms with Crippen molar-refractivity contribution >= 4 is 5.97 Å². The number of aliphatic hydroxyl groups is 1. The highest BCUT2D eigenvalue weighted by atomic mass is 19.4. The third-order valence-corrected chi connectivity index (χ3v) is 2.17. The Labute approximate surface area is 99.0 Å². The van der Waals surface area contributed by atoms with Crippen molar-refractivity contribution in [3.05, 3.63) is 23.3 Å². The second-order valence-electron chi connectivity index (χ2n) is 3.36.